The van der Waals surface area contributed by atoms with Crippen LogP contribution in [0.5, 0.6) is 0 Å². The first-order valence-corrected chi connectivity index (χ1v) is 9.62. The molecular formula is C21H23N7O. The van der Waals surface area contributed by atoms with Crippen molar-refractivity contribution in [2.45, 2.75) is 13.5 Å². The van der Waals surface area contributed by atoms with E-state index in [9.17, 15) is 4.79 Å². The van der Waals surface area contributed by atoms with Crippen LogP contribution in [0.25, 0.3) is 0 Å². The van der Waals surface area contributed by atoms with E-state index in [0.717, 1.165) is 49.1 Å². The van der Waals surface area contributed by atoms with Gasteiger partial charge in [-0.2, -0.15) is 0 Å². The van der Waals surface area contributed by atoms with Gasteiger partial charge >= 0.3 is 0 Å². The number of nitrogens with zero attached hydrogens (tertiary/aromatic N) is 6. The van der Waals surface area contributed by atoms with Gasteiger partial charge in [-0.25, -0.2) is 19.9 Å². The Morgan fingerprint density at radius 1 is 0.966 bits per heavy atom. The average Bonchev–Trinajstić information content (AvgIpc) is 2.79. The third kappa shape index (κ3) is 4.48. The molecule has 8 heteroatoms. The Bertz CT molecular complexity index is 972. The van der Waals surface area contributed by atoms with Crippen molar-refractivity contribution < 1.29 is 4.79 Å². The van der Waals surface area contributed by atoms with Crippen LogP contribution in [-0.4, -0.2) is 52.0 Å². The summed E-state index contributed by atoms with van der Waals surface area (Å²) in [6.45, 7) is 5.65. The molecular weight excluding hydrogens is 366 g/mol. The van der Waals surface area contributed by atoms with E-state index in [0.29, 0.717) is 12.2 Å². The van der Waals surface area contributed by atoms with Gasteiger partial charge in [-0.15, -0.1) is 0 Å². The number of carbonyl (C=O) groups excluding carboxylic acids is 1. The maximum absolute atomic E-state index is 12.6. The van der Waals surface area contributed by atoms with Crippen molar-refractivity contribution >= 4 is 17.7 Å². The van der Waals surface area contributed by atoms with Gasteiger partial charge in [0, 0.05) is 51.2 Å². The molecule has 1 aliphatic heterocycles. The summed E-state index contributed by atoms with van der Waals surface area (Å²) >= 11 is 0. The van der Waals surface area contributed by atoms with Crippen molar-refractivity contribution in [2.75, 3.05) is 36.0 Å². The minimum absolute atomic E-state index is 0.201. The molecule has 29 heavy (non-hydrogen) atoms. The number of rotatable bonds is 5. The van der Waals surface area contributed by atoms with Crippen molar-refractivity contribution in [3.05, 3.63) is 71.9 Å². The summed E-state index contributed by atoms with van der Waals surface area (Å²) in [5, 5.41) is 2.94. The predicted octanol–water partition coefficient (Wildman–Crippen LogP) is 1.83. The van der Waals surface area contributed by atoms with Crippen LogP contribution in [0.15, 0.2) is 55.1 Å². The van der Waals surface area contributed by atoms with Crippen molar-refractivity contribution in [3.63, 3.8) is 0 Å². The van der Waals surface area contributed by atoms with Crippen molar-refractivity contribution in [2.24, 2.45) is 0 Å². The molecule has 3 heterocycles. The second-order valence-electron chi connectivity index (χ2n) is 6.89. The molecule has 0 radical (unpaired) electrons. The first kappa shape index (κ1) is 18.8. The Labute approximate surface area is 169 Å². The van der Waals surface area contributed by atoms with E-state index in [1.54, 1.807) is 18.5 Å². The second kappa shape index (κ2) is 8.64. The Hall–Kier alpha value is -3.55. The van der Waals surface area contributed by atoms with E-state index in [1.165, 1.54) is 6.33 Å². The van der Waals surface area contributed by atoms with Gasteiger partial charge < -0.3 is 15.1 Å². The lowest BCUT2D eigenvalue weighted by molar-refractivity contribution is 0.0945. The van der Waals surface area contributed by atoms with E-state index in [4.69, 9.17) is 0 Å². The highest BCUT2D eigenvalue weighted by Crippen LogP contribution is 2.16. The third-order valence-corrected chi connectivity index (χ3v) is 5.02. The fourth-order valence-corrected chi connectivity index (χ4v) is 3.31. The van der Waals surface area contributed by atoms with Crippen molar-refractivity contribution in [3.8, 4) is 0 Å². The molecule has 0 spiro atoms. The van der Waals surface area contributed by atoms with Crippen LogP contribution >= 0.6 is 0 Å². The number of piperazine rings is 1. The largest absolute Gasteiger partial charge is 0.353 e. The first-order chi connectivity index (χ1) is 14.2. The Kier molecular flexibility index (Phi) is 5.60. The van der Waals surface area contributed by atoms with Crippen LogP contribution in [0.4, 0.5) is 11.8 Å². The highest BCUT2D eigenvalue weighted by atomic mass is 16.1. The molecule has 8 nitrogen and oxygen atoms in total. The smallest absolute Gasteiger partial charge is 0.270 e. The van der Waals surface area contributed by atoms with E-state index < -0.39 is 0 Å². The standard InChI is InChI=1S/C21H23N7O/c1-16-5-2-3-6-17(16)14-24-20(29)18-13-19(26-15-25-18)27-9-11-28(12-10-27)21-22-7-4-8-23-21/h2-8,13,15H,9-12,14H2,1H3,(H,24,29). The maximum atomic E-state index is 12.6. The minimum atomic E-state index is -0.201. The molecule has 4 rings (SSSR count). The van der Waals surface area contributed by atoms with Gasteiger partial charge in [0.25, 0.3) is 5.91 Å². The zero-order valence-electron chi connectivity index (χ0n) is 16.3. The summed E-state index contributed by atoms with van der Waals surface area (Å²) in [5.74, 6) is 1.30. The van der Waals surface area contributed by atoms with E-state index in [1.807, 2.05) is 37.3 Å². The highest BCUT2D eigenvalue weighted by Gasteiger charge is 2.21. The fraction of sp³-hybridized carbons (Fsp3) is 0.286. The second-order valence-corrected chi connectivity index (χ2v) is 6.89. The quantitative estimate of drug-likeness (QED) is 0.712. The van der Waals surface area contributed by atoms with Crippen molar-refractivity contribution in [1.29, 1.82) is 0 Å². The average molecular weight is 389 g/mol. The SMILES string of the molecule is Cc1ccccc1CNC(=O)c1cc(N2CCN(c3ncccn3)CC2)ncn1. The van der Waals surface area contributed by atoms with Gasteiger partial charge in [-0.05, 0) is 24.1 Å². The predicted molar refractivity (Wildman–Crippen MR) is 111 cm³/mol. The summed E-state index contributed by atoms with van der Waals surface area (Å²) in [6.07, 6.45) is 4.95. The number of carbonyl (C=O) groups is 1. The molecule has 0 bridgehead atoms. The molecule has 1 aliphatic rings. The monoisotopic (exact) mass is 389 g/mol. The lowest BCUT2D eigenvalue weighted by Gasteiger charge is -2.35. The summed E-state index contributed by atoms with van der Waals surface area (Å²) in [7, 11) is 0. The molecule has 1 amide bonds. The third-order valence-electron chi connectivity index (χ3n) is 5.02. The molecule has 1 saturated heterocycles. The first-order valence-electron chi connectivity index (χ1n) is 9.62. The number of aryl methyl sites for hydroxylation is 1. The lowest BCUT2D eigenvalue weighted by Crippen LogP contribution is -2.47. The summed E-state index contributed by atoms with van der Waals surface area (Å²) in [4.78, 5) is 34.0. The van der Waals surface area contributed by atoms with Gasteiger partial charge in [0.2, 0.25) is 5.95 Å². The topological polar surface area (TPSA) is 87.1 Å². The molecule has 1 aromatic carbocycles. The van der Waals surface area contributed by atoms with Crippen molar-refractivity contribution in [1.82, 2.24) is 25.3 Å². The molecule has 1 N–H and O–H groups in total. The summed E-state index contributed by atoms with van der Waals surface area (Å²) < 4.78 is 0. The van der Waals surface area contributed by atoms with E-state index >= 15 is 0 Å². The number of amides is 1. The Balaban J connectivity index is 1.37. The molecule has 0 aliphatic carbocycles. The van der Waals surface area contributed by atoms with Crippen LogP contribution in [0.2, 0.25) is 0 Å². The van der Waals surface area contributed by atoms with Gasteiger partial charge in [-0.1, -0.05) is 24.3 Å². The number of aromatic nitrogens is 4. The lowest BCUT2D eigenvalue weighted by atomic mass is 10.1. The van der Waals surface area contributed by atoms with Crippen LogP contribution in [0.3, 0.4) is 0 Å². The molecule has 0 atom stereocenters. The molecule has 0 saturated carbocycles. The normalized spacial score (nSPS) is 14.0. The van der Waals surface area contributed by atoms with Crippen LogP contribution in [0, 0.1) is 6.92 Å². The Morgan fingerprint density at radius 2 is 1.69 bits per heavy atom. The zero-order chi connectivity index (χ0) is 20.1. The summed E-state index contributed by atoms with van der Waals surface area (Å²) in [6, 6.07) is 11.6. The van der Waals surface area contributed by atoms with Crippen LogP contribution in [-0.2, 0) is 6.54 Å². The Morgan fingerprint density at radius 3 is 2.45 bits per heavy atom. The van der Waals surface area contributed by atoms with Crippen LogP contribution < -0.4 is 15.1 Å². The van der Waals surface area contributed by atoms with Gasteiger partial charge in [-0.3, -0.25) is 4.79 Å². The number of hydrogen-bond acceptors (Lipinski definition) is 7. The number of hydrogen-bond donors (Lipinski definition) is 1. The molecule has 148 valence electrons. The molecule has 1 fully saturated rings. The van der Waals surface area contributed by atoms with Gasteiger partial charge in [0.15, 0.2) is 0 Å². The number of nitrogens with one attached hydrogen (secondary N) is 1. The number of benzene rings is 1. The van der Waals surface area contributed by atoms with Gasteiger partial charge in [0.1, 0.15) is 17.8 Å². The molecule has 3 aromatic rings. The highest BCUT2D eigenvalue weighted by molar-refractivity contribution is 5.92. The minimum Gasteiger partial charge on any atom is -0.353 e. The van der Waals surface area contributed by atoms with E-state index in [2.05, 4.69) is 35.1 Å². The van der Waals surface area contributed by atoms with Crippen LogP contribution in [0.1, 0.15) is 21.6 Å². The fourth-order valence-electron chi connectivity index (χ4n) is 3.31. The molecule has 0 unspecified atom stereocenters. The number of anilines is 2. The van der Waals surface area contributed by atoms with Gasteiger partial charge in [0.05, 0.1) is 0 Å². The maximum Gasteiger partial charge on any atom is 0.270 e. The summed E-state index contributed by atoms with van der Waals surface area (Å²) in [5.41, 5.74) is 2.61. The molecule has 2 aromatic heterocycles. The zero-order valence-corrected chi connectivity index (χ0v) is 16.3. The van der Waals surface area contributed by atoms with E-state index in [-0.39, 0.29) is 5.91 Å².